The second-order valence-electron chi connectivity index (χ2n) is 37.9. The molecule has 16 rings (SSSR count). The molecule has 0 spiro atoms. The van der Waals surface area contributed by atoms with Crippen LogP contribution in [0.3, 0.4) is 0 Å². The predicted molar refractivity (Wildman–Crippen MR) is 576 cm³/mol. The molecule has 0 aliphatic carbocycles. The molecule has 1 unspecified atom stereocenters. The van der Waals surface area contributed by atoms with Gasteiger partial charge in [-0.25, -0.2) is 16.8 Å². The fraction of sp³-hybridized carbons (Fsp3) is 0.356. The summed E-state index contributed by atoms with van der Waals surface area (Å²) in [7, 11) is -4.56. The molecule has 0 bridgehead atoms. The maximum absolute atomic E-state index is 12.7. The third kappa shape index (κ3) is 34.8. The van der Waals surface area contributed by atoms with E-state index in [-0.39, 0.29) is 33.4 Å². The number of hydrogen-bond donors (Lipinski definition) is 3. The van der Waals surface area contributed by atoms with Gasteiger partial charge in [0.25, 0.3) is 0 Å². The molecular formula is C118H144N12O8S2. The Morgan fingerprint density at radius 2 is 0.607 bits per heavy atom. The van der Waals surface area contributed by atoms with Crippen LogP contribution in [0.2, 0.25) is 0 Å². The first kappa shape index (κ1) is 105. The number of likely N-dealkylation sites (tertiary alicyclic amines) is 4. The lowest BCUT2D eigenvalue weighted by molar-refractivity contribution is -0.131. The smallest absolute Gasteiger partial charge is 0.224 e. The molecule has 4 fully saturated rings. The van der Waals surface area contributed by atoms with Gasteiger partial charge >= 0.3 is 0 Å². The van der Waals surface area contributed by atoms with Crippen molar-refractivity contribution in [2.75, 3.05) is 153 Å². The van der Waals surface area contributed by atoms with E-state index in [2.05, 4.69) is 324 Å². The number of anilines is 10. The number of carbonyl (C=O) groups excluding carboxylic acids is 4. The lowest BCUT2D eigenvalue weighted by atomic mass is 9.92. The fourth-order valence-electron chi connectivity index (χ4n) is 19.0. The number of piperidine rings is 4. The number of carbonyl (C=O) groups is 4. The van der Waals surface area contributed by atoms with E-state index < -0.39 is 19.7 Å². The first-order chi connectivity index (χ1) is 68.1. The van der Waals surface area contributed by atoms with Crippen molar-refractivity contribution in [3.63, 3.8) is 0 Å². The summed E-state index contributed by atoms with van der Waals surface area (Å²) in [6, 6.07) is 116. The first-order valence-corrected chi connectivity index (χ1v) is 54.1. The summed E-state index contributed by atoms with van der Waals surface area (Å²) in [5.41, 5.74) is 14.5. The minimum absolute atomic E-state index is 0.0151. The molecule has 0 aromatic heterocycles. The second kappa shape index (κ2) is 54.9. The van der Waals surface area contributed by atoms with E-state index in [1.54, 1.807) is 24.3 Å². The van der Waals surface area contributed by atoms with Crippen LogP contribution >= 0.6 is 0 Å². The normalized spacial score (nSPS) is 15.0. The van der Waals surface area contributed by atoms with Gasteiger partial charge in [0.1, 0.15) is 0 Å². The first-order valence-electron chi connectivity index (χ1n) is 50.3. The predicted octanol–water partition coefficient (Wildman–Crippen LogP) is 22.7. The van der Waals surface area contributed by atoms with Crippen LogP contribution in [0.15, 0.2) is 356 Å². The van der Waals surface area contributed by atoms with E-state index in [1.165, 1.54) is 106 Å². The number of rotatable bonds is 39. The van der Waals surface area contributed by atoms with Crippen LogP contribution < -0.4 is 35.6 Å². The van der Waals surface area contributed by atoms with E-state index in [0.29, 0.717) is 73.3 Å². The number of sulfone groups is 2. The van der Waals surface area contributed by atoms with Crippen LogP contribution in [0.4, 0.5) is 56.9 Å². The summed E-state index contributed by atoms with van der Waals surface area (Å²) in [6.07, 6.45) is 16.5. The molecule has 4 amide bonds. The molecule has 4 aliphatic heterocycles. The standard InChI is InChI=1S/C31H39N3O.2C29H35N3O3S.C29H35N3O/c1-2-3-10-26-15-17-28(18-16-26)32-31(35)25-27-19-21-33(22-20-27)23-24-34(29-11-6-4-7-12-29)30-13-8-5-9-14-30;1-23(22-32(26-9-5-3-6-10-26)27-11-7-4-8-12-27)31-19-17-24(18-20-31)21-29(33)30-25-13-15-28(16-14-25)36(2,34)35;1-36(34,35)28-14-12-26(13-15-28)30-29(33)22-24-16-18-31(19-17-24)20-21-32(27-10-6-3-7-11-27)23-25-8-4-2-5-9-25;1-30(24-26-11-5-2-6-12-26)29(33)23-25-17-19-31(20-18-25)21-22-32(27-13-7-3-8-14-27)28-15-9-4-10-16-28/h4-9,11-18,27H,2-3,10,19-25H2,1H3,(H,32,35);3-16,23-24H,17-22H2,1-2H3,(H,30,33);2-15,24H,16-23H2,1H3,(H,30,33);2-16,25H,17-24H2,1H3. The average molecular weight is 1920 g/mol. The molecule has 4 saturated heterocycles. The van der Waals surface area contributed by atoms with Crippen LogP contribution in [-0.2, 0) is 58.4 Å². The van der Waals surface area contributed by atoms with E-state index >= 15 is 0 Å². The van der Waals surface area contributed by atoms with E-state index in [0.717, 1.165) is 168 Å². The van der Waals surface area contributed by atoms with Crippen molar-refractivity contribution in [3.8, 4) is 0 Å². The van der Waals surface area contributed by atoms with Crippen LogP contribution in [0.5, 0.6) is 0 Å². The Morgan fingerprint density at radius 1 is 0.329 bits per heavy atom. The van der Waals surface area contributed by atoms with Gasteiger partial charge in [-0.1, -0.05) is 214 Å². The summed E-state index contributed by atoms with van der Waals surface area (Å²) in [5.74, 6) is 2.04. The highest BCUT2D eigenvalue weighted by Crippen LogP contribution is 2.34. The number of unbranched alkanes of at least 4 members (excludes halogenated alkanes) is 1. The average Bonchev–Trinajstić information content (AvgIpc) is 0.774. The van der Waals surface area contributed by atoms with Gasteiger partial charge in [-0.15, -0.1) is 0 Å². The number of para-hydroxylation sites is 7. The molecule has 20 nitrogen and oxygen atoms in total. The second-order valence-corrected chi connectivity index (χ2v) is 42.0. The van der Waals surface area contributed by atoms with Gasteiger partial charge in [0.15, 0.2) is 19.7 Å². The van der Waals surface area contributed by atoms with Gasteiger partial charge in [-0.3, -0.25) is 24.1 Å². The van der Waals surface area contributed by atoms with Crippen molar-refractivity contribution in [3.05, 3.63) is 362 Å². The fourth-order valence-corrected chi connectivity index (χ4v) is 20.3. The number of hydrogen-bond acceptors (Lipinski definition) is 16. The minimum atomic E-state index is -3.24. The molecule has 736 valence electrons. The van der Waals surface area contributed by atoms with Gasteiger partial charge in [0.05, 0.1) is 9.79 Å². The molecule has 0 saturated carbocycles. The van der Waals surface area contributed by atoms with Crippen molar-refractivity contribution in [2.45, 2.75) is 139 Å². The van der Waals surface area contributed by atoms with Crippen LogP contribution in [0, 0.1) is 23.7 Å². The van der Waals surface area contributed by atoms with Gasteiger partial charge < -0.3 is 55.1 Å². The summed E-state index contributed by atoms with van der Waals surface area (Å²) in [6.45, 7) is 21.0. The maximum Gasteiger partial charge on any atom is 0.224 e. The zero-order valence-electron chi connectivity index (χ0n) is 82.5. The number of benzene rings is 12. The van der Waals surface area contributed by atoms with Crippen molar-refractivity contribution in [2.24, 2.45) is 23.7 Å². The molecule has 4 aliphatic rings. The van der Waals surface area contributed by atoms with Crippen molar-refractivity contribution in [1.82, 2.24) is 24.5 Å². The Hall–Kier alpha value is -12.5. The van der Waals surface area contributed by atoms with Crippen LogP contribution in [-0.4, -0.2) is 189 Å². The lowest BCUT2D eigenvalue weighted by Gasteiger charge is -2.38. The van der Waals surface area contributed by atoms with E-state index in [1.807, 2.05) is 54.4 Å². The molecule has 12 aromatic carbocycles. The highest BCUT2D eigenvalue weighted by Gasteiger charge is 2.30. The third-order valence-electron chi connectivity index (χ3n) is 27.3. The topological polar surface area (TPSA) is 202 Å². The summed E-state index contributed by atoms with van der Waals surface area (Å²) < 4.78 is 46.4. The largest absolute Gasteiger partial charge is 0.366 e. The number of aryl methyl sites for hydroxylation is 1. The van der Waals surface area contributed by atoms with Crippen molar-refractivity contribution in [1.29, 1.82) is 0 Å². The van der Waals surface area contributed by atoms with E-state index in [4.69, 9.17) is 0 Å². The summed E-state index contributed by atoms with van der Waals surface area (Å²) in [4.78, 5) is 72.6. The maximum atomic E-state index is 12.7. The molecule has 4 heterocycles. The third-order valence-corrected chi connectivity index (χ3v) is 29.6. The van der Waals surface area contributed by atoms with Gasteiger partial charge in [-0.2, -0.15) is 0 Å². The Bertz CT molecular complexity index is 5750. The molecule has 1 atom stereocenters. The Labute approximate surface area is 833 Å². The summed E-state index contributed by atoms with van der Waals surface area (Å²) in [5, 5.41) is 8.92. The highest BCUT2D eigenvalue weighted by molar-refractivity contribution is 7.91. The monoisotopic (exact) mass is 1920 g/mol. The van der Waals surface area contributed by atoms with E-state index in [9.17, 15) is 36.0 Å². The molecule has 0 radical (unpaired) electrons. The molecular weight excluding hydrogens is 1780 g/mol. The minimum Gasteiger partial charge on any atom is -0.366 e. The van der Waals surface area contributed by atoms with Crippen LogP contribution in [0.25, 0.3) is 0 Å². The molecule has 140 heavy (non-hydrogen) atoms. The van der Waals surface area contributed by atoms with Crippen molar-refractivity contribution >= 4 is 100 Å². The number of amides is 4. The Kier molecular flexibility index (Phi) is 41.1. The molecule has 12 aromatic rings. The van der Waals surface area contributed by atoms with Crippen molar-refractivity contribution < 1.29 is 36.0 Å². The number of nitrogens with one attached hydrogen (secondary N) is 3. The lowest BCUT2D eigenvalue weighted by Crippen LogP contribution is -2.45. The van der Waals surface area contributed by atoms with Gasteiger partial charge in [0, 0.05) is 167 Å². The Morgan fingerprint density at radius 3 is 0.929 bits per heavy atom. The molecule has 22 heteroatoms. The SMILES string of the molecule is CC(CN(c1ccccc1)c1ccccc1)N1CCC(CC(=O)Nc2ccc(S(C)(=O)=O)cc2)CC1.CCCCc1ccc(NC(=O)CC2CCN(CCN(c3ccccc3)c3ccccc3)CC2)cc1.CN(Cc1ccccc1)C(=O)CC1CCN(CCN(c2ccccc2)c2ccccc2)CC1.CS(=O)(=O)c1ccc(NC(=O)CC2CCN(CCN(Cc3ccccc3)c3ccccc3)CC2)cc1. The zero-order valence-corrected chi connectivity index (χ0v) is 84.2. The van der Waals surface area contributed by atoms with Crippen LogP contribution in [0.1, 0.15) is 120 Å². The Balaban J connectivity index is 0.000000157. The molecule has 3 N–H and O–H groups in total. The van der Waals surface area contributed by atoms with Gasteiger partial charge in [-0.05, 0) is 309 Å². The van der Waals surface area contributed by atoms with Gasteiger partial charge in [0.2, 0.25) is 23.6 Å². The number of nitrogens with zero attached hydrogens (tertiary/aromatic N) is 9. The zero-order chi connectivity index (χ0) is 98.1. The highest BCUT2D eigenvalue weighted by atomic mass is 32.2. The summed E-state index contributed by atoms with van der Waals surface area (Å²) >= 11 is 0. The quantitative estimate of drug-likeness (QED) is 0.0328.